The van der Waals surface area contributed by atoms with Crippen LogP contribution in [0.1, 0.15) is 29.4 Å². The molecule has 1 amide bonds. The van der Waals surface area contributed by atoms with Gasteiger partial charge in [0.2, 0.25) is 5.91 Å². The summed E-state index contributed by atoms with van der Waals surface area (Å²) in [7, 11) is 0. The Bertz CT molecular complexity index is 591. The van der Waals surface area contributed by atoms with Crippen LogP contribution in [0.4, 0.5) is 0 Å². The Labute approximate surface area is 125 Å². The first-order valence-electron chi connectivity index (χ1n) is 7.16. The molecule has 1 atom stereocenters. The van der Waals surface area contributed by atoms with E-state index in [4.69, 9.17) is 4.42 Å². The zero-order chi connectivity index (χ0) is 15.2. The van der Waals surface area contributed by atoms with Gasteiger partial charge in [0, 0.05) is 6.54 Å². The van der Waals surface area contributed by atoms with Crippen LogP contribution in [0.15, 0.2) is 41.0 Å². The van der Waals surface area contributed by atoms with Gasteiger partial charge in [-0.2, -0.15) is 0 Å². The van der Waals surface area contributed by atoms with Crippen molar-refractivity contribution in [2.75, 3.05) is 0 Å². The van der Waals surface area contributed by atoms with Gasteiger partial charge in [-0.25, -0.2) is 0 Å². The van der Waals surface area contributed by atoms with Crippen LogP contribution in [-0.4, -0.2) is 11.9 Å². The molecule has 1 aromatic carbocycles. The lowest BCUT2D eigenvalue weighted by atomic mass is 10.0. The summed E-state index contributed by atoms with van der Waals surface area (Å²) < 4.78 is 5.19. The molecule has 0 aliphatic heterocycles. The average Bonchev–Trinajstić information content (AvgIpc) is 2.99. The number of rotatable bonds is 6. The molecule has 0 bridgehead atoms. The van der Waals surface area contributed by atoms with Gasteiger partial charge in [0.15, 0.2) is 0 Å². The summed E-state index contributed by atoms with van der Waals surface area (Å²) in [6.07, 6.45) is 1.60. The van der Waals surface area contributed by atoms with E-state index < -0.39 is 0 Å². The highest BCUT2D eigenvalue weighted by molar-refractivity contribution is 5.81. The maximum Gasteiger partial charge on any atom is 0.237 e. The summed E-state index contributed by atoms with van der Waals surface area (Å²) in [5.74, 6) is 0.724. The zero-order valence-electron chi connectivity index (χ0n) is 12.8. The average molecular weight is 286 g/mol. The largest absolute Gasteiger partial charge is 0.467 e. The summed E-state index contributed by atoms with van der Waals surface area (Å²) in [6.45, 7) is 7.17. The Kier molecular flexibility index (Phi) is 5.17. The van der Waals surface area contributed by atoms with Gasteiger partial charge in [-0.3, -0.25) is 4.79 Å². The van der Waals surface area contributed by atoms with Gasteiger partial charge in [0.1, 0.15) is 5.76 Å². The Hall–Kier alpha value is -2.07. The van der Waals surface area contributed by atoms with Crippen molar-refractivity contribution in [3.63, 3.8) is 0 Å². The van der Waals surface area contributed by atoms with E-state index in [2.05, 4.69) is 36.6 Å². The predicted octanol–water partition coefficient (Wildman–Crippen LogP) is 2.69. The van der Waals surface area contributed by atoms with E-state index in [-0.39, 0.29) is 11.9 Å². The molecule has 2 rings (SSSR count). The van der Waals surface area contributed by atoms with Crippen LogP contribution < -0.4 is 10.6 Å². The van der Waals surface area contributed by atoms with E-state index in [0.29, 0.717) is 13.1 Å². The van der Waals surface area contributed by atoms with Crippen molar-refractivity contribution in [1.82, 2.24) is 10.6 Å². The molecule has 2 N–H and O–H groups in total. The van der Waals surface area contributed by atoms with Crippen LogP contribution in [-0.2, 0) is 17.9 Å². The Morgan fingerprint density at radius 3 is 2.71 bits per heavy atom. The second-order valence-corrected chi connectivity index (χ2v) is 5.26. The maximum absolute atomic E-state index is 12.0. The number of benzene rings is 1. The van der Waals surface area contributed by atoms with Gasteiger partial charge in [0.05, 0.1) is 18.8 Å². The molecule has 0 fully saturated rings. The summed E-state index contributed by atoms with van der Waals surface area (Å²) in [4.78, 5) is 12.0. The zero-order valence-corrected chi connectivity index (χ0v) is 12.8. The fourth-order valence-electron chi connectivity index (χ4n) is 2.10. The SMILES string of the molecule is Cc1cccc(CNC(C)C(=O)NCc2ccco2)c1C. The number of nitrogens with one attached hydrogen (secondary N) is 2. The molecule has 0 saturated carbocycles. The van der Waals surface area contributed by atoms with Crippen LogP contribution in [0.25, 0.3) is 0 Å². The van der Waals surface area contributed by atoms with Gasteiger partial charge in [-0.15, -0.1) is 0 Å². The normalized spacial score (nSPS) is 12.1. The number of hydrogen-bond donors (Lipinski definition) is 2. The first-order chi connectivity index (χ1) is 10.1. The molecular formula is C17H22N2O2. The molecule has 4 nitrogen and oxygen atoms in total. The van der Waals surface area contributed by atoms with Crippen molar-refractivity contribution >= 4 is 5.91 Å². The third kappa shape index (κ3) is 4.20. The number of hydrogen-bond acceptors (Lipinski definition) is 3. The monoisotopic (exact) mass is 286 g/mol. The van der Waals surface area contributed by atoms with Gasteiger partial charge in [-0.1, -0.05) is 18.2 Å². The van der Waals surface area contributed by atoms with Crippen molar-refractivity contribution in [2.45, 2.75) is 39.9 Å². The fourth-order valence-corrected chi connectivity index (χ4v) is 2.10. The highest BCUT2D eigenvalue weighted by Gasteiger charge is 2.12. The molecule has 0 spiro atoms. The molecule has 1 heterocycles. The molecule has 0 aliphatic carbocycles. The molecule has 21 heavy (non-hydrogen) atoms. The second kappa shape index (κ2) is 7.09. The van der Waals surface area contributed by atoms with Crippen LogP contribution in [0.3, 0.4) is 0 Å². The minimum absolute atomic E-state index is 0.0308. The first kappa shape index (κ1) is 15.3. The molecular weight excluding hydrogens is 264 g/mol. The second-order valence-electron chi connectivity index (χ2n) is 5.26. The third-order valence-corrected chi connectivity index (χ3v) is 3.73. The van der Waals surface area contributed by atoms with Gasteiger partial charge >= 0.3 is 0 Å². The fraction of sp³-hybridized carbons (Fsp3) is 0.353. The molecule has 0 aliphatic rings. The summed E-state index contributed by atoms with van der Waals surface area (Å²) in [5.41, 5.74) is 3.76. The van der Waals surface area contributed by atoms with E-state index in [0.717, 1.165) is 5.76 Å². The number of aryl methyl sites for hydroxylation is 1. The molecule has 4 heteroatoms. The summed E-state index contributed by atoms with van der Waals surface area (Å²) >= 11 is 0. The molecule has 112 valence electrons. The summed E-state index contributed by atoms with van der Waals surface area (Å²) in [6, 6.07) is 9.63. The molecule has 0 radical (unpaired) electrons. The van der Waals surface area contributed by atoms with E-state index in [1.165, 1.54) is 16.7 Å². The molecule has 0 saturated heterocycles. The van der Waals surface area contributed by atoms with Crippen LogP contribution in [0, 0.1) is 13.8 Å². The van der Waals surface area contributed by atoms with Crippen LogP contribution >= 0.6 is 0 Å². The number of carbonyl (C=O) groups excluding carboxylic acids is 1. The number of carbonyl (C=O) groups is 1. The Morgan fingerprint density at radius 1 is 1.19 bits per heavy atom. The predicted molar refractivity (Wildman–Crippen MR) is 82.8 cm³/mol. The van der Waals surface area contributed by atoms with Gasteiger partial charge < -0.3 is 15.1 Å². The van der Waals surface area contributed by atoms with E-state index in [1.54, 1.807) is 6.26 Å². The molecule has 1 aromatic heterocycles. The van der Waals surface area contributed by atoms with Gasteiger partial charge in [-0.05, 0) is 49.6 Å². The smallest absolute Gasteiger partial charge is 0.237 e. The highest BCUT2D eigenvalue weighted by Crippen LogP contribution is 2.12. The molecule has 1 unspecified atom stereocenters. The van der Waals surface area contributed by atoms with E-state index in [9.17, 15) is 4.79 Å². The van der Waals surface area contributed by atoms with Crippen molar-refractivity contribution < 1.29 is 9.21 Å². The molecule has 2 aromatic rings. The highest BCUT2D eigenvalue weighted by atomic mass is 16.3. The van der Waals surface area contributed by atoms with Crippen molar-refractivity contribution in [1.29, 1.82) is 0 Å². The quantitative estimate of drug-likeness (QED) is 0.858. The maximum atomic E-state index is 12.0. The van der Waals surface area contributed by atoms with Crippen molar-refractivity contribution in [3.8, 4) is 0 Å². The van der Waals surface area contributed by atoms with E-state index in [1.807, 2.05) is 25.1 Å². The minimum atomic E-state index is -0.250. The van der Waals surface area contributed by atoms with Crippen LogP contribution in [0.2, 0.25) is 0 Å². The minimum Gasteiger partial charge on any atom is -0.467 e. The number of furan rings is 1. The lowest BCUT2D eigenvalue weighted by Crippen LogP contribution is -2.41. The van der Waals surface area contributed by atoms with Crippen LogP contribution in [0.5, 0.6) is 0 Å². The van der Waals surface area contributed by atoms with Crippen molar-refractivity contribution in [2.24, 2.45) is 0 Å². The third-order valence-electron chi connectivity index (χ3n) is 3.73. The lowest BCUT2D eigenvalue weighted by Gasteiger charge is -2.15. The Morgan fingerprint density at radius 2 is 2.00 bits per heavy atom. The Balaban J connectivity index is 1.82. The first-order valence-corrected chi connectivity index (χ1v) is 7.16. The van der Waals surface area contributed by atoms with Gasteiger partial charge in [0.25, 0.3) is 0 Å². The van der Waals surface area contributed by atoms with Crippen molar-refractivity contribution in [3.05, 3.63) is 59.0 Å². The topological polar surface area (TPSA) is 54.3 Å². The summed E-state index contributed by atoms with van der Waals surface area (Å²) in [5, 5.41) is 6.11. The van der Waals surface area contributed by atoms with E-state index >= 15 is 0 Å². The standard InChI is InChI=1S/C17H22N2O2/c1-12-6-4-7-15(13(12)2)10-18-14(3)17(20)19-11-16-8-5-9-21-16/h4-9,14,18H,10-11H2,1-3H3,(H,19,20). The lowest BCUT2D eigenvalue weighted by molar-refractivity contribution is -0.123. The number of amides is 1.